The van der Waals surface area contributed by atoms with Crippen LogP contribution in [0.15, 0.2) is 0 Å². The Morgan fingerprint density at radius 2 is 2.00 bits per heavy atom. The lowest BCUT2D eigenvalue weighted by atomic mass is 9.82. The van der Waals surface area contributed by atoms with Gasteiger partial charge in [0.2, 0.25) is 0 Å². The number of carboxylic acids is 1. The van der Waals surface area contributed by atoms with Crippen LogP contribution in [0.4, 0.5) is 4.79 Å². The summed E-state index contributed by atoms with van der Waals surface area (Å²) in [6.07, 6.45) is 6.92. The highest BCUT2D eigenvalue weighted by Gasteiger charge is 2.41. The number of nitrogens with zero attached hydrogens (tertiary/aromatic N) is 2. The summed E-state index contributed by atoms with van der Waals surface area (Å²) >= 11 is 0. The molecule has 1 N–H and O–H groups in total. The average Bonchev–Trinajstić information content (AvgIpc) is 2.47. The number of carbonyl (C=O) groups is 2. The zero-order chi connectivity index (χ0) is 15.5. The van der Waals surface area contributed by atoms with Crippen LogP contribution in [-0.2, 0) is 4.79 Å². The third kappa shape index (κ3) is 3.50. The summed E-state index contributed by atoms with van der Waals surface area (Å²) in [4.78, 5) is 28.0. The fourth-order valence-electron chi connectivity index (χ4n) is 3.64. The molecule has 2 heterocycles. The van der Waals surface area contributed by atoms with E-state index in [4.69, 9.17) is 0 Å². The highest BCUT2D eigenvalue weighted by molar-refractivity contribution is 5.78. The Morgan fingerprint density at radius 1 is 1.24 bits per heavy atom. The predicted molar refractivity (Wildman–Crippen MR) is 81.2 cm³/mol. The maximum atomic E-state index is 12.8. The second kappa shape index (κ2) is 6.67. The summed E-state index contributed by atoms with van der Waals surface area (Å²) in [6.45, 7) is 5.77. The molecule has 2 amide bonds. The Kier molecular flexibility index (Phi) is 5.12. The van der Waals surface area contributed by atoms with Crippen LogP contribution in [0, 0.1) is 5.41 Å². The van der Waals surface area contributed by atoms with Gasteiger partial charge in [-0.25, -0.2) is 4.79 Å². The van der Waals surface area contributed by atoms with E-state index in [9.17, 15) is 14.7 Å². The third-order valence-corrected chi connectivity index (χ3v) is 4.98. The third-order valence-electron chi connectivity index (χ3n) is 4.98. The first-order chi connectivity index (χ1) is 9.98. The largest absolute Gasteiger partial charge is 0.481 e. The first-order valence-electron chi connectivity index (χ1n) is 8.27. The normalized spacial score (nSPS) is 30.3. The van der Waals surface area contributed by atoms with E-state index in [1.807, 2.05) is 4.90 Å². The molecule has 2 aliphatic rings. The quantitative estimate of drug-likeness (QED) is 0.871. The lowest BCUT2D eigenvalue weighted by Crippen LogP contribution is -2.55. The van der Waals surface area contributed by atoms with Gasteiger partial charge < -0.3 is 14.9 Å². The Labute approximate surface area is 127 Å². The first kappa shape index (κ1) is 16.1. The van der Waals surface area contributed by atoms with Crippen LogP contribution in [0.25, 0.3) is 0 Å². The molecule has 2 rings (SSSR count). The number of rotatable bonds is 3. The number of hydrogen-bond acceptors (Lipinski definition) is 2. The van der Waals surface area contributed by atoms with Gasteiger partial charge in [0.1, 0.15) is 0 Å². The zero-order valence-electron chi connectivity index (χ0n) is 13.3. The van der Waals surface area contributed by atoms with Crippen molar-refractivity contribution >= 4 is 12.0 Å². The Morgan fingerprint density at radius 3 is 2.67 bits per heavy atom. The van der Waals surface area contributed by atoms with Crippen molar-refractivity contribution in [3.05, 3.63) is 0 Å². The number of likely N-dealkylation sites (tertiary alicyclic amines) is 2. The molecule has 2 atom stereocenters. The van der Waals surface area contributed by atoms with Crippen LogP contribution in [0.3, 0.4) is 0 Å². The van der Waals surface area contributed by atoms with Gasteiger partial charge in [-0.15, -0.1) is 0 Å². The van der Waals surface area contributed by atoms with Gasteiger partial charge in [0, 0.05) is 25.7 Å². The van der Waals surface area contributed by atoms with Gasteiger partial charge in [0.05, 0.1) is 5.41 Å². The minimum Gasteiger partial charge on any atom is -0.481 e. The van der Waals surface area contributed by atoms with Crippen LogP contribution in [0.2, 0.25) is 0 Å². The monoisotopic (exact) mass is 296 g/mol. The Hall–Kier alpha value is -1.26. The summed E-state index contributed by atoms with van der Waals surface area (Å²) in [5, 5.41) is 9.39. The zero-order valence-corrected chi connectivity index (χ0v) is 13.3. The molecule has 2 saturated heterocycles. The van der Waals surface area contributed by atoms with Crippen molar-refractivity contribution in [2.24, 2.45) is 5.41 Å². The van der Waals surface area contributed by atoms with Crippen molar-refractivity contribution < 1.29 is 14.7 Å². The molecule has 2 aliphatic heterocycles. The summed E-state index contributed by atoms with van der Waals surface area (Å²) in [5.74, 6) is -0.788. The van der Waals surface area contributed by atoms with E-state index in [-0.39, 0.29) is 6.03 Å². The summed E-state index contributed by atoms with van der Waals surface area (Å²) in [6, 6.07) is 0.398. The summed E-state index contributed by atoms with van der Waals surface area (Å²) < 4.78 is 0. The SMILES string of the molecule is CCCC1CCCCN1C(=O)N1CCCC(C)(C(=O)O)C1. The second-order valence-electron chi connectivity index (χ2n) is 6.81. The van der Waals surface area contributed by atoms with E-state index in [0.717, 1.165) is 38.6 Å². The molecule has 21 heavy (non-hydrogen) atoms. The molecule has 120 valence electrons. The fraction of sp³-hybridized carbons (Fsp3) is 0.875. The van der Waals surface area contributed by atoms with Crippen molar-refractivity contribution in [3.8, 4) is 0 Å². The van der Waals surface area contributed by atoms with Crippen LogP contribution < -0.4 is 0 Å². The van der Waals surface area contributed by atoms with Gasteiger partial charge in [-0.05, 0) is 45.4 Å². The number of carboxylic acid groups (broad SMARTS) is 1. The van der Waals surface area contributed by atoms with Gasteiger partial charge in [0.15, 0.2) is 0 Å². The van der Waals surface area contributed by atoms with Crippen molar-refractivity contribution in [1.82, 2.24) is 9.80 Å². The van der Waals surface area contributed by atoms with E-state index in [1.54, 1.807) is 11.8 Å². The minimum atomic E-state index is -0.788. The Balaban J connectivity index is 2.05. The van der Waals surface area contributed by atoms with Gasteiger partial charge in [0.25, 0.3) is 0 Å². The van der Waals surface area contributed by atoms with Gasteiger partial charge >= 0.3 is 12.0 Å². The molecular weight excluding hydrogens is 268 g/mol. The van der Waals surface area contributed by atoms with E-state index < -0.39 is 11.4 Å². The van der Waals surface area contributed by atoms with Crippen molar-refractivity contribution in [2.45, 2.75) is 64.8 Å². The summed E-state index contributed by atoms with van der Waals surface area (Å²) in [7, 11) is 0. The Bertz CT molecular complexity index is 397. The standard InChI is InChI=1S/C16H28N2O3/c1-3-7-13-8-4-5-11-18(13)15(21)17-10-6-9-16(2,12-17)14(19)20/h13H,3-12H2,1-2H3,(H,19,20). The minimum absolute atomic E-state index is 0.0559. The van der Waals surface area contributed by atoms with Crippen LogP contribution in [0.5, 0.6) is 0 Å². The molecule has 0 aromatic rings. The smallest absolute Gasteiger partial charge is 0.320 e. The molecule has 0 saturated carbocycles. The number of carbonyl (C=O) groups excluding carboxylic acids is 1. The van der Waals surface area contributed by atoms with E-state index >= 15 is 0 Å². The lowest BCUT2D eigenvalue weighted by Gasteiger charge is -2.43. The highest BCUT2D eigenvalue weighted by Crippen LogP contribution is 2.31. The lowest BCUT2D eigenvalue weighted by molar-refractivity contribution is -0.150. The van der Waals surface area contributed by atoms with Gasteiger partial charge in [-0.1, -0.05) is 13.3 Å². The van der Waals surface area contributed by atoms with Crippen LogP contribution >= 0.6 is 0 Å². The first-order valence-corrected chi connectivity index (χ1v) is 8.27. The maximum absolute atomic E-state index is 12.8. The van der Waals surface area contributed by atoms with E-state index in [2.05, 4.69) is 6.92 Å². The van der Waals surface area contributed by atoms with Crippen LogP contribution in [-0.4, -0.2) is 52.6 Å². The molecule has 5 heteroatoms. The molecule has 0 aliphatic carbocycles. The molecule has 0 aromatic heterocycles. The van der Waals surface area contributed by atoms with Crippen molar-refractivity contribution in [1.29, 1.82) is 0 Å². The van der Waals surface area contributed by atoms with E-state index in [1.165, 1.54) is 6.42 Å². The molecule has 0 aromatic carbocycles. The molecule has 2 unspecified atom stereocenters. The number of aliphatic carboxylic acids is 1. The molecular formula is C16H28N2O3. The molecule has 5 nitrogen and oxygen atoms in total. The van der Waals surface area contributed by atoms with Crippen molar-refractivity contribution in [2.75, 3.05) is 19.6 Å². The van der Waals surface area contributed by atoms with Crippen LogP contribution in [0.1, 0.15) is 58.8 Å². The predicted octanol–water partition coefficient (Wildman–Crippen LogP) is 2.95. The molecule has 0 bridgehead atoms. The topological polar surface area (TPSA) is 60.9 Å². The van der Waals surface area contributed by atoms with E-state index in [0.29, 0.717) is 25.6 Å². The number of hydrogen-bond donors (Lipinski definition) is 1. The van der Waals surface area contributed by atoms with Crippen molar-refractivity contribution in [3.63, 3.8) is 0 Å². The number of amides is 2. The molecule has 0 spiro atoms. The molecule has 0 radical (unpaired) electrons. The summed E-state index contributed by atoms with van der Waals surface area (Å²) in [5.41, 5.74) is -0.788. The second-order valence-corrected chi connectivity index (χ2v) is 6.81. The highest BCUT2D eigenvalue weighted by atomic mass is 16.4. The number of urea groups is 1. The van der Waals surface area contributed by atoms with Gasteiger partial charge in [-0.2, -0.15) is 0 Å². The molecule has 2 fully saturated rings. The van der Waals surface area contributed by atoms with Gasteiger partial charge in [-0.3, -0.25) is 4.79 Å². The maximum Gasteiger partial charge on any atom is 0.320 e. The average molecular weight is 296 g/mol. The fourth-order valence-corrected chi connectivity index (χ4v) is 3.64. The number of piperidine rings is 2.